The molecule has 0 saturated carbocycles. The third-order valence-electron chi connectivity index (χ3n) is 3.98. The van der Waals surface area contributed by atoms with Gasteiger partial charge in [0.2, 0.25) is 0 Å². The molecule has 1 heterocycles. The summed E-state index contributed by atoms with van der Waals surface area (Å²) in [7, 11) is 0. The predicted octanol–water partition coefficient (Wildman–Crippen LogP) is 1.74. The van der Waals surface area contributed by atoms with E-state index >= 15 is 0 Å². The van der Waals surface area contributed by atoms with Crippen LogP contribution in [0.25, 0.3) is 10.9 Å². The van der Waals surface area contributed by atoms with E-state index in [0.29, 0.717) is 12.3 Å². The Kier molecular flexibility index (Phi) is 5.39. The van der Waals surface area contributed by atoms with Crippen molar-refractivity contribution in [2.45, 2.75) is 27.3 Å². The second-order valence-corrected chi connectivity index (χ2v) is 5.17. The Balaban J connectivity index is 2.33. The summed E-state index contributed by atoms with van der Waals surface area (Å²) >= 11 is 0. The topological polar surface area (TPSA) is 35.7 Å². The quantitative estimate of drug-likeness (QED) is 0.788. The van der Waals surface area contributed by atoms with Crippen LogP contribution in [0.3, 0.4) is 0 Å². The number of aromatic nitrogens is 1. The molecule has 0 aliphatic heterocycles. The summed E-state index contributed by atoms with van der Waals surface area (Å²) in [6, 6.07) is 10.1. The predicted molar refractivity (Wildman–Crippen MR) is 84.8 cm³/mol. The van der Waals surface area contributed by atoms with Crippen LogP contribution in [-0.2, 0) is 11.3 Å². The zero-order valence-electron chi connectivity index (χ0n) is 13.2. The Morgan fingerprint density at radius 1 is 1.19 bits per heavy atom. The number of hydrogen-bond donors (Lipinski definition) is 1. The number of para-hydroxylation sites is 1. The minimum Gasteiger partial charge on any atom is -0.461 e. The number of carbonyl (C=O) groups excluding carboxylic acids is 1. The zero-order valence-corrected chi connectivity index (χ0v) is 13.2. The molecule has 2 aromatic rings. The summed E-state index contributed by atoms with van der Waals surface area (Å²) in [6.07, 6.45) is 0. The molecule has 1 N–H and O–H groups in total. The monoisotopic (exact) mass is 289 g/mol. The summed E-state index contributed by atoms with van der Waals surface area (Å²) in [5, 5.41) is 1.09. The van der Waals surface area contributed by atoms with Gasteiger partial charge in [-0.1, -0.05) is 18.2 Å². The zero-order chi connectivity index (χ0) is 15.2. The van der Waals surface area contributed by atoms with Gasteiger partial charge in [-0.3, -0.25) is 0 Å². The first-order valence-electron chi connectivity index (χ1n) is 7.80. The van der Waals surface area contributed by atoms with E-state index in [1.807, 2.05) is 31.2 Å². The molecular weight excluding hydrogens is 264 g/mol. The van der Waals surface area contributed by atoms with Gasteiger partial charge in [-0.2, -0.15) is 0 Å². The SMILES string of the molecule is CCOC(=O)c1cc2ccccc2n1CC[NH+](CC)CC. The van der Waals surface area contributed by atoms with Gasteiger partial charge in [0.1, 0.15) is 5.69 Å². The molecule has 0 amide bonds. The van der Waals surface area contributed by atoms with E-state index < -0.39 is 0 Å². The number of carbonyl (C=O) groups is 1. The molecule has 4 nitrogen and oxygen atoms in total. The largest absolute Gasteiger partial charge is 0.461 e. The maximum atomic E-state index is 12.2. The van der Waals surface area contributed by atoms with Gasteiger partial charge in [0.15, 0.2) is 0 Å². The number of benzene rings is 1. The summed E-state index contributed by atoms with van der Waals surface area (Å²) in [5.41, 5.74) is 1.76. The molecule has 114 valence electrons. The van der Waals surface area contributed by atoms with Crippen molar-refractivity contribution in [2.75, 3.05) is 26.2 Å². The highest BCUT2D eigenvalue weighted by Crippen LogP contribution is 2.20. The first-order valence-corrected chi connectivity index (χ1v) is 7.80. The van der Waals surface area contributed by atoms with Crippen molar-refractivity contribution in [3.63, 3.8) is 0 Å². The molecule has 2 rings (SSSR count). The van der Waals surface area contributed by atoms with Gasteiger partial charge < -0.3 is 14.2 Å². The standard InChI is InChI=1S/C17H24N2O2/c1-4-18(5-2)11-12-19-15-10-8-7-9-14(15)13-16(19)17(20)21-6-3/h7-10,13H,4-6,11-12H2,1-3H3/p+1. The first kappa shape index (κ1) is 15.6. The average molecular weight is 289 g/mol. The van der Waals surface area contributed by atoms with E-state index in [9.17, 15) is 4.79 Å². The summed E-state index contributed by atoms with van der Waals surface area (Å²) in [4.78, 5) is 13.7. The summed E-state index contributed by atoms with van der Waals surface area (Å²) in [5.74, 6) is -0.233. The molecule has 0 unspecified atom stereocenters. The Labute approximate surface area is 126 Å². The molecule has 1 aromatic carbocycles. The lowest BCUT2D eigenvalue weighted by Gasteiger charge is -2.17. The molecule has 21 heavy (non-hydrogen) atoms. The van der Waals surface area contributed by atoms with Gasteiger partial charge in [0.05, 0.1) is 32.8 Å². The molecule has 0 saturated heterocycles. The van der Waals surface area contributed by atoms with Gasteiger partial charge in [-0.15, -0.1) is 0 Å². The van der Waals surface area contributed by atoms with Crippen LogP contribution in [0.5, 0.6) is 0 Å². The number of ether oxygens (including phenoxy) is 1. The minimum atomic E-state index is -0.233. The molecule has 0 aliphatic rings. The number of fused-ring (bicyclic) bond motifs is 1. The second kappa shape index (κ2) is 7.27. The molecule has 0 atom stereocenters. The van der Waals surface area contributed by atoms with E-state index in [1.165, 1.54) is 4.90 Å². The van der Waals surface area contributed by atoms with Crippen LogP contribution in [0.4, 0.5) is 0 Å². The van der Waals surface area contributed by atoms with Crippen LogP contribution in [-0.4, -0.2) is 36.8 Å². The molecule has 0 radical (unpaired) electrons. The van der Waals surface area contributed by atoms with Crippen molar-refractivity contribution in [3.8, 4) is 0 Å². The average Bonchev–Trinajstić information content (AvgIpc) is 2.87. The lowest BCUT2D eigenvalue weighted by atomic mass is 10.2. The Morgan fingerprint density at radius 3 is 2.57 bits per heavy atom. The number of rotatable bonds is 7. The second-order valence-electron chi connectivity index (χ2n) is 5.17. The maximum absolute atomic E-state index is 12.2. The summed E-state index contributed by atoms with van der Waals surface area (Å²) in [6.45, 7) is 10.7. The number of hydrogen-bond acceptors (Lipinski definition) is 2. The Hall–Kier alpha value is -1.81. The van der Waals surface area contributed by atoms with Crippen molar-refractivity contribution in [3.05, 3.63) is 36.0 Å². The van der Waals surface area contributed by atoms with Crippen LogP contribution in [0.2, 0.25) is 0 Å². The van der Waals surface area contributed by atoms with Crippen LogP contribution < -0.4 is 4.90 Å². The van der Waals surface area contributed by atoms with Crippen LogP contribution >= 0.6 is 0 Å². The lowest BCUT2D eigenvalue weighted by Crippen LogP contribution is -3.11. The van der Waals surface area contributed by atoms with Crippen molar-refractivity contribution in [1.29, 1.82) is 0 Å². The van der Waals surface area contributed by atoms with E-state index in [0.717, 1.165) is 37.1 Å². The van der Waals surface area contributed by atoms with Gasteiger partial charge in [0.25, 0.3) is 0 Å². The molecule has 4 heteroatoms. The van der Waals surface area contributed by atoms with Crippen molar-refractivity contribution in [1.82, 2.24) is 4.57 Å². The van der Waals surface area contributed by atoms with Crippen LogP contribution in [0, 0.1) is 0 Å². The highest BCUT2D eigenvalue weighted by atomic mass is 16.5. The van der Waals surface area contributed by atoms with Crippen LogP contribution in [0.15, 0.2) is 30.3 Å². The number of nitrogens with zero attached hydrogens (tertiary/aromatic N) is 1. The minimum absolute atomic E-state index is 0.233. The van der Waals surface area contributed by atoms with Gasteiger partial charge in [-0.25, -0.2) is 4.79 Å². The number of likely N-dealkylation sites (N-methyl/N-ethyl adjacent to an activating group) is 1. The van der Waals surface area contributed by atoms with Gasteiger partial charge >= 0.3 is 5.97 Å². The normalized spacial score (nSPS) is 11.2. The Bertz CT molecular complexity index is 600. The van der Waals surface area contributed by atoms with Crippen LogP contribution in [0.1, 0.15) is 31.3 Å². The fraction of sp³-hybridized carbons (Fsp3) is 0.471. The third kappa shape index (κ3) is 3.45. The first-order chi connectivity index (χ1) is 10.2. The molecule has 0 bridgehead atoms. The fourth-order valence-corrected chi connectivity index (χ4v) is 2.70. The third-order valence-corrected chi connectivity index (χ3v) is 3.98. The van der Waals surface area contributed by atoms with Crippen molar-refractivity contribution < 1.29 is 14.4 Å². The van der Waals surface area contributed by atoms with Gasteiger partial charge in [-0.05, 0) is 32.9 Å². The molecular formula is C17H25N2O2+. The lowest BCUT2D eigenvalue weighted by molar-refractivity contribution is -0.897. The van der Waals surface area contributed by atoms with E-state index in [2.05, 4.69) is 24.5 Å². The number of quaternary nitrogens is 1. The van der Waals surface area contributed by atoms with Crippen molar-refractivity contribution in [2.24, 2.45) is 0 Å². The van der Waals surface area contributed by atoms with Crippen molar-refractivity contribution >= 4 is 16.9 Å². The van der Waals surface area contributed by atoms with E-state index in [1.54, 1.807) is 0 Å². The molecule has 0 spiro atoms. The maximum Gasteiger partial charge on any atom is 0.354 e. The smallest absolute Gasteiger partial charge is 0.354 e. The molecule has 1 aromatic heterocycles. The highest BCUT2D eigenvalue weighted by molar-refractivity contribution is 5.95. The Morgan fingerprint density at radius 2 is 1.90 bits per heavy atom. The number of esters is 1. The summed E-state index contributed by atoms with van der Waals surface area (Å²) < 4.78 is 7.29. The molecule has 0 aliphatic carbocycles. The highest BCUT2D eigenvalue weighted by Gasteiger charge is 2.17. The van der Waals surface area contributed by atoms with Gasteiger partial charge in [0, 0.05) is 10.9 Å². The fourth-order valence-electron chi connectivity index (χ4n) is 2.70. The van der Waals surface area contributed by atoms with E-state index in [-0.39, 0.29) is 5.97 Å². The van der Waals surface area contributed by atoms with E-state index in [4.69, 9.17) is 4.74 Å². The molecule has 0 fully saturated rings. The number of nitrogens with one attached hydrogen (secondary N) is 1.